The quantitative estimate of drug-likeness (QED) is 0.722. The molecule has 1 heterocycles. The molecule has 1 aromatic rings. The van der Waals surface area contributed by atoms with Gasteiger partial charge in [0.25, 0.3) is 0 Å². The average Bonchev–Trinajstić information content (AvgIpc) is 2.48. The van der Waals surface area contributed by atoms with Crippen LogP contribution < -0.4 is 10.6 Å². The fraction of sp³-hybridized carbons (Fsp3) is 0.429. The maximum Gasteiger partial charge on any atom is 0.0410 e. The smallest absolute Gasteiger partial charge is 0.0410 e. The van der Waals surface area contributed by atoms with Crippen molar-refractivity contribution in [2.45, 2.75) is 34.6 Å². The van der Waals surface area contributed by atoms with Gasteiger partial charge in [-0.25, -0.2) is 0 Å². The van der Waals surface area contributed by atoms with Crippen LogP contribution in [-0.4, -0.2) is 4.98 Å². The van der Waals surface area contributed by atoms with E-state index in [4.69, 9.17) is 0 Å². The number of allylic oxidation sites excluding steroid dienone is 2. The van der Waals surface area contributed by atoms with E-state index in [9.17, 15) is 0 Å². The lowest BCUT2D eigenvalue weighted by Crippen LogP contribution is -2.21. The number of hydrogen-bond donors (Lipinski definition) is 1. The van der Waals surface area contributed by atoms with Crippen molar-refractivity contribution in [1.82, 2.24) is 4.98 Å². The van der Waals surface area contributed by atoms with Crippen molar-refractivity contribution >= 4 is 12.2 Å². The predicted octanol–water partition coefficient (Wildman–Crippen LogP) is 2.59. The average molecular weight is 203 g/mol. The van der Waals surface area contributed by atoms with Crippen LogP contribution in [-0.2, 0) is 0 Å². The number of nitrogens with one attached hydrogen (secondary N) is 1. The minimum absolute atomic E-state index is 0.243. The van der Waals surface area contributed by atoms with Crippen molar-refractivity contribution in [2.24, 2.45) is 5.41 Å². The molecule has 0 atom stereocenters. The second kappa shape index (κ2) is 4.52. The van der Waals surface area contributed by atoms with E-state index in [1.165, 1.54) is 16.1 Å². The van der Waals surface area contributed by atoms with Crippen molar-refractivity contribution in [1.29, 1.82) is 0 Å². The maximum atomic E-state index is 3.21. The van der Waals surface area contributed by atoms with Crippen molar-refractivity contribution in [3.05, 3.63) is 34.5 Å². The molecule has 0 aliphatic carbocycles. The van der Waals surface area contributed by atoms with Crippen LogP contribution in [0.4, 0.5) is 0 Å². The van der Waals surface area contributed by atoms with E-state index in [-0.39, 0.29) is 5.41 Å². The van der Waals surface area contributed by atoms with Gasteiger partial charge in [0.15, 0.2) is 0 Å². The van der Waals surface area contributed by atoms with Gasteiger partial charge in [-0.3, -0.25) is 0 Å². The molecule has 0 aliphatic heterocycles. The molecule has 15 heavy (non-hydrogen) atoms. The predicted molar refractivity (Wildman–Crippen MR) is 67.9 cm³/mol. The van der Waals surface area contributed by atoms with Gasteiger partial charge >= 0.3 is 0 Å². The molecule has 1 N–H and O–H groups in total. The van der Waals surface area contributed by atoms with Crippen LogP contribution in [0.2, 0.25) is 0 Å². The van der Waals surface area contributed by atoms with Gasteiger partial charge in [-0.1, -0.05) is 44.6 Å². The lowest BCUT2D eigenvalue weighted by Gasteiger charge is -2.12. The standard InChI is InChI=1S/C14H21N/c1-6-13-12(7-8-15-13)9-11(2)10-14(3,4)5/h6-10,15H,1-5H3/b11-10-,12-9-,13-6+. The van der Waals surface area contributed by atoms with Crippen LogP contribution >= 0.6 is 0 Å². The van der Waals surface area contributed by atoms with Gasteiger partial charge in [-0.15, -0.1) is 0 Å². The second-order valence-electron chi connectivity index (χ2n) is 5.03. The minimum Gasteiger partial charge on any atom is -0.361 e. The van der Waals surface area contributed by atoms with Gasteiger partial charge in [-0.2, -0.15) is 0 Å². The van der Waals surface area contributed by atoms with E-state index in [0.29, 0.717) is 0 Å². The van der Waals surface area contributed by atoms with E-state index < -0.39 is 0 Å². The zero-order chi connectivity index (χ0) is 11.5. The molecule has 0 aliphatic rings. The molecule has 1 aromatic heterocycles. The maximum absolute atomic E-state index is 3.21. The molecule has 0 unspecified atom stereocenters. The topological polar surface area (TPSA) is 15.8 Å². The first-order valence-corrected chi connectivity index (χ1v) is 5.43. The molecule has 0 saturated carbocycles. The summed E-state index contributed by atoms with van der Waals surface area (Å²) in [6.45, 7) is 10.8. The first kappa shape index (κ1) is 11.8. The van der Waals surface area contributed by atoms with Gasteiger partial charge in [0.05, 0.1) is 0 Å². The summed E-state index contributed by atoms with van der Waals surface area (Å²) in [7, 11) is 0. The molecular weight excluding hydrogens is 182 g/mol. The Morgan fingerprint density at radius 3 is 2.53 bits per heavy atom. The first-order chi connectivity index (χ1) is 6.92. The van der Waals surface area contributed by atoms with Gasteiger partial charge in [0.2, 0.25) is 0 Å². The number of aromatic nitrogens is 1. The van der Waals surface area contributed by atoms with E-state index in [1.54, 1.807) is 0 Å². The number of H-pyrrole nitrogens is 1. The minimum atomic E-state index is 0.243. The molecule has 0 fully saturated rings. The van der Waals surface area contributed by atoms with Crippen LogP contribution in [0.3, 0.4) is 0 Å². The van der Waals surface area contributed by atoms with E-state index >= 15 is 0 Å². The fourth-order valence-electron chi connectivity index (χ4n) is 1.74. The molecule has 82 valence electrons. The molecule has 1 rings (SSSR count). The zero-order valence-corrected chi connectivity index (χ0v) is 10.4. The van der Waals surface area contributed by atoms with Gasteiger partial charge < -0.3 is 4.98 Å². The van der Waals surface area contributed by atoms with Crippen LogP contribution in [0, 0.1) is 5.41 Å². The summed E-state index contributed by atoms with van der Waals surface area (Å²) < 4.78 is 0. The Hall–Kier alpha value is -1.24. The van der Waals surface area contributed by atoms with Gasteiger partial charge in [0, 0.05) is 11.5 Å². The highest BCUT2D eigenvalue weighted by atomic mass is 14.6. The van der Waals surface area contributed by atoms with Gasteiger partial charge in [-0.05, 0) is 30.5 Å². The Kier molecular flexibility index (Phi) is 3.57. The highest BCUT2D eigenvalue weighted by molar-refractivity contribution is 5.46. The summed E-state index contributed by atoms with van der Waals surface area (Å²) >= 11 is 0. The van der Waals surface area contributed by atoms with Crippen molar-refractivity contribution < 1.29 is 0 Å². The molecule has 0 spiro atoms. The summed E-state index contributed by atoms with van der Waals surface area (Å²) in [5, 5.41) is 2.45. The molecule has 0 saturated heterocycles. The van der Waals surface area contributed by atoms with E-state index in [2.05, 4.69) is 57.0 Å². The molecule has 0 aromatic carbocycles. The Bertz CT molecular complexity index is 452. The Morgan fingerprint density at radius 2 is 2.00 bits per heavy atom. The summed E-state index contributed by atoms with van der Waals surface area (Å²) in [4.78, 5) is 3.21. The third kappa shape index (κ3) is 3.78. The number of hydrogen-bond acceptors (Lipinski definition) is 0. The third-order valence-corrected chi connectivity index (χ3v) is 2.15. The highest BCUT2D eigenvalue weighted by Gasteiger charge is 2.04. The molecule has 1 nitrogen and oxygen atoms in total. The van der Waals surface area contributed by atoms with Crippen molar-refractivity contribution in [3.63, 3.8) is 0 Å². The summed E-state index contributed by atoms with van der Waals surface area (Å²) in [6.07, 6.45) is 8.58. The van der Waals surface area contributed by atoms with Crippen molar-refractivity contribution in [2.75, 3.05) is 0 Å². The summed E-state index contributed by atoms with van der Waals surface area (Å²) in [5.74, 6) is 0. The van der Waals surface area contributed by atoms with E-state index in [0.717, 1.165) is 0 Å². The van der Waals surface area contributed by atoms with Crippen LogP contribution in [0.5, 0.6) is 0 Å². The lowest BCUT2D eigenvalue weighted by atomic mass is 9.94. The Labute approximate surface area is 92.2 Å². The Morgan fingerprint density at radius 1 is 1.33 bits per heavy atom. The van der Waals surface area contributed by atoms with Crippen LogP contribution in [0.15, 0.2) is 23.9 Å². The largest absolute Gasteiger partial charge is 0.361 e. The summed E-state index contributed by atoms with van der Waals surface area (Å²) in [6, 6.07) is 2.11. The molecule has 0 radical (unpaired) electrons. The van der Waals surface area contributed by atoms with Crippen LogP contribution in [0.1, 0.15) is 34.6 Å². The lowest BCUT2D eigenvalue weighted by molar-refractivity contribution is 0.542. The van der Waals surface area contributed by atoms with Crippen molar-refractivity contribution in [3.8, 4) is 0 Å². The fourth-order valence-corrected chi connectivity index (χ4v) is 1.74. The van der Waals surface area contributed by atoms with Crippen LogP contribution in [0.25, 0.3) is 12.2 Å². The zero-order valence-electron chi connectivity index (χ0n) is 10.4. The number of aromatic amines is 1. The molecule has 0 bridgehead atoms. The molecule has 1 heteroatoms. The Balaban J connectivity index is 3.15. The number of rotatable bonds is 1. The molecule has 0 amide bonds. The first-order valence-electron chi connectivity index (χ1n) is 5.43. The van der Waals surface area contributed by atoms with E-state index in [1.807, 2.05) is 13.1 Å². The SMILES string of the molecule is C/C=c1/[nH]cc/c1=C/C(C)=C\C(C)(C)C. The normalized spacial score (nSPS) is 16.2. The third-order valence-electron chi connectivity index (χ3n) is 2.15. The van der Waals surface area contributed by atoms with Gasteiger partial charge in [0.1, 0.15) is 0 Å². The second-order valence-corrected chi connectivity index (χ2v) is 5.03. The molecular formula is C14H21N. The summed E-state index contributed by atoms with van der Waals surface area (Å²) in [5.41, 5.74) is 1.55. The highest BCUT2D eigenvalue weighted by Crippen LogP contribution is 2.17. The monoisotopic (exact) mass is 203 g/mol.